The van der Waals surface area contributed by atoms with Crippen molar-refractivity contribution in [3.8, 4) is 5.75 Å². The van der Waals surface area contributed by atoms with Crippen LogP contribution in [0.5, 0.6) is 5.75 Å². The van der Waals surface area contributed by atoms with Gasteiger partial charge < -0.3 is 20.9 Å². The molecule has 4 N–H and O–H groups in total. The number of ether oxygens (including phenoxy) is 1. The number of carbonyl (C=O) groups is 1. The highest BCUT2D eigenvalue weighted by Crippen LogP contribution is 2.24. The summed E-state index contributed by atoms with van der Waals surface area (Å²) in [7, 11) is 1.26. The van der Waals surface area contributed by atoms with Crippen molar-refractivity contribution in [3.63, 3.8) is 0 Å². The van der Waals surface area contributed by atoms with Crippen LogP contribution in [-0.2, 0) is 4.74 Å². The number of nitrogens with one attached hydrogen (secondary N) is 1. The van der Waals surface area contributed by atoms with Crippen LogP contribution in [0, 0.1) is 0 Å². The van der Waals surface area contributed by atoms with Crippen molar-refractivity contribution < 1.29 is 14.6 Å². The lowest BCUT2D eigenvalue weighted by Gasteiger charge is -2.07. The summed E-state index contributed by atoms with van der Waals surface area (Å²) in [6.45, 7) is 0. The van der Waals surface area contributed by atoms with Gasteiger partial charge in [0.05, 0.1) is 18.4 Å². The van der Waals surface area contributed by atoms with Crippen LogP contribution in [0.3, 0.4) is 0 Å². The van der Waals surface area contributed by atoms with E-state index >= 15 is 0 Å². The molecule has 0 aliphatic heterocycles. The highest BCUT2D eigenvalue weighted by molar-refractivity contribution is 7.80. The van der Waals surface area contributed by atoms with Crippen LogP contribution in [0.1, 0.15) is 10.4 Å². The molecule has 0 aliphatic carbocycles. The second kappa shape index (κ2) is 4.61. The fourth-order valence-electron chi connectivity index (χ4n) is 1.01. The molecule has 1 aromatic carbocycles. The monoisotopic (exact) mass is 226 g/mol. The van der Waals surface area contributed by atoms with Crippen molar-refractivity contribution in [3.05, 3.63) is 23.8 Å². The van der Waals surface area contributed by atoms with Gasteiger partial charge in [-0.05, 0) is 30.4 Å². The molecule has 15 heavy (non-hydrogen) atoms. The lowest BCUT2D eigenvalue weighted by atomic mass is 10.2. The molecule has 0 unspecified atom stereocenters. The fraction of sp³-hybridized carbons (Fsp3) is 0.111. The van der Waals surface area contributed by atoms with Gasteiger partial charge in [0.25, 0.3) is 0 Å². The molecule has 0 heterocycles. The second-order valence-electron chi connectivity index (χ2n) is 2.71. The molecule has 0 spiro atoms. The molecule has 0 amide bonds. The van der Waals surface area contributed by atoms with Gasteiger partial charge in [0, 0.05) is 0 Å². The summed E-state index contributed by atoms with van der Waals surface area (Å²) in [5.74, 6) is -0.641. The van der Waals surface area contributed by atoms with E-state index in [-0.39, 0.29) is 16.4 Å². The molecule has 1 rings (SSSR count). The first-order valence-electron chi connectivity index (χ1n) is 4.02. The van der Waals surface area contributed by atoms with E-state index in [0.29, 0.717) is 5.69 Å². The number of hydrogen-bond donors (Lipinski definition) is 3. The topological polar surface area (TPSA) is 84.6 Å². The van der Waals surface area contributed by atoms with Crippen LogP contribution in [0.25, 0.3) is 0 Å². The maximum absolute atomic E-state index is 11.1. The summed E-state index contributed by atoms with van der Waals surface area (Å²) in [5.41, 5.74) is 5.83. The van der Waals surface area contributed by atoms with Gasteiger partial charge in [0.2, 0.25) is 0 Å². The number of thiocarbonyl (C=S) groups is 1. The predicted octanol–water partition coefficient (Wildman–Crippen LogP) is 0.834. The van der Waals surface area contributed by atoms with E-state index in [4.69, 9.17) is 5.73 Å². The average molecular weight is 226 g/mol. The molecule has 6 heteroatoms. The Morgan fingerprint density at radius 3 is 2.73 bits per heavy atom. The molecular formula is C9H10N2O3S. The SMILES string of the molecule is COC(=O)c1ccc(NC(N)=S)c(O)c1. The number of benzene rings is 1. The maximum atomic E-state index is 11.1. The molecule has 0 radical (unpaired) electrons. The van der Waals surface area contributed by atoms with Crippen molar-refractivity contribution in [1.82, 2.24) is 0 Å². The summed E-state index contributed by atoms with van der Waals surface area (Å²) in [5, 5.41) is 12.1. The number of aromatic hydroxyl groups is 1. The summed E-state index contributed by atoms with van der Waals surface area (Å²) in [6.07, 6.45) is 0. The standard InChI is InChI=1S/C9H10N2O3S/c1-14-8(13)5-2-3-6(7(12)4-5)11-9(10)15/h2-4,12H,1H3,(H3,10,11,15). The van der Waals surface area contributed by atoms with Gasteiger partial charge in [-0.3, -0.25) is 0 Å². The van der Waals surface area contributed by atoms with E-state index in [0.717, 1.165) is 0 Å². The summed E-state index contributed by atoms with van der Waals surface area (Å²) < 4.78 is 4.49. The first-order chi connectivity index (χ1) is 7.04. The first kappa shape index (κ1) is 11.3. The number of anilines is 1. The van der Waals surface area contributed by atoms with Crippen LogP contribution in [0.4, 0.5) is 5.69 Å². The van der Waals surface area contributed by atoms with E-state index < -0.39 is 5.97 Å². The third-order valence-electron chi connectivity index (χ3n) is 1.68. The number of rotatable bonds is 2. The molecule has 0 atom stereocenters. The fourth-order valence-corrected chi connectivity index (χ4v) is 1.12. The van der Waals surface area contributed by atoms with Crippen LogP contribution in [0.2, 0.25) is 0 Å². The zero-order chi connectivity index (χ0) is 11.4. The Labute approximate surface area is 91.8 Å². The number of hydrogen-bond acceptors (Lipinski definition) is 4. The zero-order valence-corrected chi connectivity index (χ0v) is 8.80. The van der Waals surface area contributed by atoms with Crippen molar-refractivity contribution in [2.75, 3.05) is 12.4 Å². The molecule has 0 bridgehead atoms. The molecule has 80 valence electrons. The lowest BCUT2D eigenvalue weighted by molar-refractivity contribution is 0.0600. The Hall–Kier alpha value is -1.82. The quantitative estimate of drug-likeness (QED) is 0.393. The molecule has 0 saturated carbocycles. The number of phenols is 1. The molecule has 1 aromatic rings. The second-order valence-corrected chi connectivity index (χ2v) is 3.15. The van der Waals surface area contributed by atoms with Gasteiger partial charge in [-0.1, -0.05) is 0 Å². The zero-order valence-electron chi connectivity index (χ0n) is 7.98. The van der Waals surface area contributed by atoms with E-state index in [9.17, 15) is 9.90 Å². The highest BCUT2D eigenvalue weighted by Gasteiger charge is 2.09. The van der Waals surface area contributed by atoms with Gasteiger partial charge in [-0.2, -0.15) is 0 Å². The van der Waals surface area contributed by atoms with E-state index in [1.165, 1.54) is 25.3 Å². The van der Waals surface area contributed by atoms with E-state index in [2.05, 4.69) is 22.3 Å². The van der Waals surface area contributed by atoms with Crippen molar-refractivity contribution in [2.45, 2.75) is 0 Å². The van der Waals surface area contributed by atoms with Crippen LogP contribution < -0.4 is 11.1 Å². The number of methoxy groups -OCH3 is 1. The predicted molar refractivity (Wildman–Crippen MR) is 59.9 cm³/mol. The molecule has 0 aliphatic rings. The van der Waals surface area contributed by atoms with E-state index in [1.807, 2.05) is 0 Å². The minimum absolute atomic E-state index is 0.0381. The number of nitrogens with two attached hydrogens (primary N) is 1. The smallest absolute Gasteiger partial charge is 0.337 e. The van der Waals surface area contributed by atoms with Crippen molar-refractivity contribution in [2.24, 2.45) is 5.73 Å². The van der Waals surface area contributed by atoms with Crippen molar-refractivity contribution in [1.29, 1.82) is 0 Å². The Bertz CT molecular complexity index is 406. The minimum atomic E-state index is -0.521. The summed E-state index contributed by atoms with van der Waals surface area (Å²) in [6, 6.07) is 4.25. The molecule has 0 saturated heterocycles. The molecule has 0 fully saturated rings. The van der Waals surface area contributed by atoms with Gasteiger partial charge in [-0.15, -0.1) is 0 Å². The lowest BCUT2D eigenvalue weighted by Crippen LogP contribution is -2.19. The van der Waals surface area contributed by atoms with Crippen LogP contribution in [0.15, 0.2) is 18.2 Å². The average Bonchev–Trinajstić information content (AvgIpc) is 2.19. The third-order valence-corrected chi connectivity index (χ3v) is 1.78. The number of esters is 1. The maximum Gasteiger partial charge on any atom is 0.337 e. The molecule has 0 aromatic heterocycles. The largest absolute Gasteiger partial charge is 0.506 e. The first-order valence-corrected chi connectivity index (χ1v) is 4.43. The van der Waals surface area contributed by atoms with E-state index in [1.54, 1.807) is 0 Å². The van der Waals surface area contributed by atoms with Crippen LogP contribution in [-0.4, -0.2) is 23.3 Å². The Morgan fingerprint density at radius 2 is 2.27 bits per heavy atom. The van der Waals surface area contributed by atoms with Gasteiger partial charge in [-0.25, -0.2) is 4.79 Å². The minimum Gasteiger partial charge on any atom is -0.506 e. The molecular weight excluding hydrogens is 216 g/mol. The van der Waals surface area contributed by atoms with Gasteiger partial charge in [0.15, 0.2) is 5.11 Å². The number of carbonyl (C=O) groups excluding carboxylic acids is 1. The Balaban J connectivity index is 2.97. The number of phenolic OH excluding ortho intramolecular Hbond substituents is 1. The highest BCUT2D eigenvalue weighted by atomic mass is 32.1. The third kappa shape index (κ3) is 2.81. The van der Waals surface area contributed by atoms with Crippen LogP contribution >= 0.6 is 12.2 Å². The van der Waals surface area contributed by atoms with Gasteiger partial charge >= 0.3 is 5.97 Å². The summed E-state index contributed by atoms with van der Waals surface area (Å²) >= 11 is 4.61. The summed E-state index contributed by atoms with van der Waals surface area (Å²) in [4.78, 5) is 11.1. The van der Waals surface area contributed by atoms with Gasteiger partial charge in [0.1, 0.15) is 5.75 Å². The molecule has 5 nitrogen and oxygen atoms in total. The Kier molecular flexibility index (Phi) is 3.46. The van der Waals surface area contributed by atoms with Crippen molar-refractivity contribution >= 4 is 29.0 Å². The normalized spacial score (nSPS) is 9.40. The Morgan fingerprint density at radius 1 is 1.60 bits per heavy atom.